The van der Waals surface area contributed by atoms with E-state index in [1.165, 1.54) is 4.90 Å². The van der Waals surface area contributed by atoms with Gasteiger partial charge in [0.1, 0.15) is 17.5 Å². The van der Waals surface area contributed by atoms with Crippen molar-refractivity contribution in [2.75, 3.05) is 24.5 Å². The first-order valence-corrected chi connectivity index (χ1v) is 7.16. The summed E-state index contributed by atoms with van der Waals surface area (Å²) >= 11 is 0. The lowest BCUT2D eigenvalue weighted by Crippen LogP contribution is -2.58. The van der Waals surface area contributed by atoms with Gasteiger partial charge in [-0.25, -0.2) is 14.6 Å². The van der Waals surface area contributed by atoms with Crippen LogP contribution in [0.5, 0.6) is 0 Å². The fourth-order valence-corrected chi connectivity index (χ4v) is 2.28. The van der Waals surface area contributed by atoms with E-state index in [2.05, 4.69) is 4.98 Å². The summed E-state index contributed by atoms with van der Waals surface area (Å²) in [6.45, 7) is 6.21. The van der Waals surface area contributed by atoms with E-state index in [0.717, 1.165) is 0 Å². The van der Waals surface area contributed by atoms with Crippen LogP contribution in [0.1, 0.15) is 20.8 Å². The molecule has 1 saturated heterocycles. The number of amides is 1. The number of carboxylic acids is 1. The number of aliphatic carboxylic acids is 1. The lowest BCUT2D eigenvalue weighted by molar-refractivity contribution is -0.139. The average molecular weight is 307 g/mol. The minimum atomic E-state index is -0.987. The molecule has 1 N–H and O–H groups in total. The van der Waals surface area contributed by atoms with Crippen molar-refractivity contribution in [1.82, 2.24) is 9.88 Å². The summed E-state index contributed by atoms with van der Waals surface area (Å²) in [4.78, 5) is 31.0. The van der Waals surface area contributed by atoms with Crippen molar-refractivity contribution in [3.8, 4) is 0 Å². The van der Waals surface area contributed by atoms with Gasteiger partial charge in [0.2, 0.25) is 0 Å². The number of pyridine rings is 1. The molecule has 120 valence electrons. The number of anilines is 1. The number of rotatable bonds is 2. The fourth-order valence-electron chi connectivity index (χ4n) is 2.28. The van der Waals surface area contributed by atoms with Gasteiger partial charge in [0, 0.05) is 19.3 Å². The topological polar surface area (TPSA) is 83.0 Å². The first-order valence-electron chi connectivity index (χ1n) is 7.16. The van der Waals surface area contributed by atoms with E-state index in [1.807, 2.05) is 6.07 Å². The lowest BCUT2D eigenvalue weighted by atomic mass is 10.1. The van der Waals surface area contributed by atoms with E-state index in [9.17, 15) is 14.7 Å². The molecular weight excluding hydrogens is 286 g/mol. The molecule has 2 heterocycles. The van der Waals surface area contributed by atoms with E-state index < -0.39 is 23.7 Å². The molecule has 1 unspecified atom stereocenters. The molecule has 0 radical (unpaired) electrons. The third-order valence-corrected chi connectivity index (χ3v) is 3.26. The quantitative estimate of drug-likeness (QED) is 0.893. The van der Waals surface area contributed by atoms with Crippen molar-refractivity contribution in [1.29, 1.82) is 0 Å². The molecule has 1 amide bonds. The maximum atomic E-state index is 12.1. The first kappa shape index (κ1) is 16.1. The Hall–Kier alpha value is -2.31. The Balaban J connectivity index is 2.12. The standard InChI is InChI=1S/C15H21N3O4/c1-15(2,3)22-14(21)17-8-9-18(11(10-17)13(19)20)12-6-4-5-7-16-12/h4-7,11H,8-10H2,1-3H3,(H,19,20). The number of aromatic nitrogens is 1. The second-order valence-electron chi connectivity index (χ2n) is 6.16. The van der Waals surface area contributed by atoms with Crippen molar-refractivity contribution >= 4 is 17.9 Å². The van der Waals surface area contributed by atoms with Gasteiger partial charge in [-0.15, -0.1) is 0 Å². The highest BCUT2D eigenvalue weighted by atomic mass is 16.6. The van der Waals surface area contributed by atoms with Crippen LogP contribution >= 0.6 is 0 Å². The molecule has 22 heavy (non-hydrogen) atoms. The van der Waals surface area contributed by atoms with Crippen LogP contribution in [0, 0.1) is 0 Å². The molecule has 1 aliphatic heterocycles. The Morgan fingerprint density at radius 1 is 1.32 bits per heavy atom. The van der Waals surface area contributed by atoms with Crippen molar-refractivity contribution in [2.24, 2.45) is 0 Å². The Morgan fingerprint density at radius 2 is 2.05 bits per heavy atom. The number of carbonyl (C=O) groups excluding carboxylic acids is 1. The number of carboxylic acid groups (broad SMARTS) is 1. The third kappa shape index (κ3) is 3.87. The highest BCUT2D eigenvalue weighted by Gasteiger charge is 2.36. The van der Waals surface area contributed by atoms with Gasteiger partial charge >= 0.3 is 12.1 Å². The minimum absolute atomic E-state index is 0.0703. The zero-order valence-electron chi connectivity index (χ0n) is 13.0. The molecule has 7 heteroatoms. The zero-order chi connectivity index (χ0) is 16.3. The van der Waals surface area contributed by atoms with Gasteiger partial charge in [0.05, 0.1) is 6.54 Å². The summed E-state index contributed by atoms with van der Waals surface area (Å²) in [5.74, 6) is -0.391. The fraction of sp³-hybridized carbons (Fsp3) is 0.533. The third-order valence-electron chi connectivity index (χ3n) is 3.26. The molecule has 0 aliphatic carbocycles. The van der Waals surface area contributed by atoms with Crippen LogP contribution in [0.25, 0.3) is 0 Å². The summed E-state index contributed by atoms with van der Waals surface area (Å²) in [5, 5.41) is 9.45. The average Bonchev–Trinajstić information content (AvgIpc) is 2.45. The van der Waals surface area contributed by atoms with Gasteiger partial charge in [0.15, 0.2) is 0 Å². The summed E-state index contributed by atoms with van der Waals surface area (Å²) < 4.78 is 5.31. The van der Waals surface area contributed by atoms with E-state index >= 15 is 0 Å². The second-order valence-corrected chi connectivity index (χ2v) is 6.16. The molecule has 1 aliphatic rings. The molecule has 0 saturated carbocycles. The smallest absolute Gasteiger partial charge is 0.410 e. The molecule has 0 spiro atoms. The van der Waals surface area contributed by atoms with E-state index in [4.69, 9.17) is 4.74 Å². The van der Waals surface area contributed by atoms with Crippen molar-refractivity contribution in [3.63, 3.8) is 0 Å². The van der Waals surface area contributed by atoms with Crippen molar-refractivity contribution in [3.05, 3.63) is 24.4 Å². The Kier molecular flexibility index (Phi) is 4.54. The van der Waals surface area contributed by atoms with Crippen LogP contribution in [-0.4, -0.2) is 58.3 Å². The molecule has 1 atom stereocenters. The molecule has 7 nitrogen and oxygen atoms in total. The molecule has 1 aromatic rings. The number of carbonyl (C=O) groups is 2. The normalized spacial score (nSPS) is 19.0. The van der Waals surface area contributed by atoms with Crippen LogP contribution in [0.2, 0.25) is 0 Å². The number of nitrogens with zero attached hydrogens (tertiary/aromatic N) is 3. The van der Waals surface area contributed by atoms with E-state index in [1.54, 1.807) is 44.0 Å². The summed E-state index contributed by atoms with van der Waals surface area (Å²) in [6, 6.07) is 4.51. The van der Waals surface area contributed by atoms with Gasteiger partial charge in [-0.05, 0) is 32.9 Å². The SMILES string of the molecule is CC(C)(C)OC(=O)N1CCN(c2ccccn2)C(C(=O)O)C1. The van der Waals surface area contributed by atoms with Gasteiger partial charge in [0.25, 0.3) is 0 Å². The predicted molar refractivity (Wildman–Crippen MR) is 80.8 cm³/mol. The first-order chi connectivity index (χ1) is 10.3. The molecule has 1 fully saturated rings. The number of ether oxygens (including phenoxy) is 1. The molecule has 1 aromatic heterocycles. The van der Waals surface area contributed by atoms with Crippen LogP contribution in [-0.2, 0) is 9.53 Å². The van der Waals surface area contributed by atoms with Gasteiger partial charge in [-0.2, -0.15) is 0 Å². The monoisotopic (exact) mass is 307 g/mol. The Morgan fingerprint density at radius 3 is 2.59 bits per heavy atom. The predicted octanol–water partition coefficient (Wildman–Crippen LogP) is 1.59. The van der Waals surface area contributed by atoms with Crippen LogP contribution in [0.4, 0.5) is 10.6 Å². The van der Waals surface area contributed by atoms with Crippen molar-refractivity contribution < 1.29 is 19.4 Å². The summed E-state index contributed by atoms with van der Waals surface area (Å²) in [6.07, 6.45) is 1.13. The van der Waals surface area contributed by atoms with Gasteiger partial charge < -0.3 is 19.6 Å². The molecular formula is C15H21N3O4. The Labute approximate surface area is 129 Å². The minimum Gasteiger partial charge on any atom is -0.480 e. The van der Waals surface area contributed by atoms with Crippen LogP contribution in [0.15, 0.2) is 24.4 Å². The van der Waals surface area contributed by atoms with E-state index in [-0.39, 0.29) is 6.54 Å². The maximum absolute atomic E-state index is 12.1. The Bertz CT molecular complexity index is 541. The van der Waals surface area contributed by atoms with Crippen molar-refractivity contribution in [2.45, 2.75) is 32.4 Å². The molecule has 0 aromatic carbocycles. The number of hydrogen-bond acceptors (Lipinski definition) is 5. The van der Waals surface area contributed by atoms with Crippen LogP contribution < -0.4 is 4.90 Å². The summed E-state index contributed by atoms with van der Waals surface area (Å²) in [5.41, 5.74) is -0.603. The number of piperazine rings is 1. The largest absolute Gasteiger partial charge is 0.480 e. The lowest BCUT2D eigenvalue weighted by Gasteiger charge is -2.40. The highest BCUT2D eigenvalue weighted by Crippen LogP contribution is 2.20. The van der Waals surface area contributed by atoms with Gasteiger partial charge in [-0.1, -0.05) is 6.07 Å². The molecule has 0 bridgehead atoms. The molecule has 2 rings (SSSR count). The maximum Gasteiger partial charge on any atom is 0.410 e. The van der Waals surface area contributed by atoms with Crippen LogP contribution in [0.3, 0.4) is 0 Å². The highest BCUT2D eigenvalue weighted by molar-refractivity contribution is 5.80. The summed E-state index contributed by atoms with van der Waals surface area (Å²) in [7, 11) is 0. The van der Waals surface area contributed by atoms with E-state index in [0.29, 0.717) is 18.9 Å². The number of hydrogen-bond donors (Lipinski definition) is 1. The second kappa shape index (κ2) is 6.21. The van der Waals surface area contributed by atoms with Gasteiger partial charge in [-0.3, -0.25) is 0 Å². The zero-order valence-corrected chi connectivity index (χ0v) is 13.0.